The molecular formula is C26H19FN4O3S2. The molecule has 1 N–H and O–H groups in total. The van der Waals surface area contributed by atoms with Gasteiger partial charge in [0, 0.05) is 23.7 Å². The second-order valence-corrected chi connectivity index (χ2v) is 10.2. The normalized spacial score (nSPS) is 17.1. The summed E-state index contributed by atoms with van der Waals surface area (Å²) >= 11 is 2.42. The van der Waals surface area contributed by atoms with Gasteiger partial charge in [-0.1, -0.05) is 71.1 Å². The monoisotopic (exact) mass is 518 g/mol. The Balaban J connectivity index is 1.54. The van der Waals surface area contributed by atoms with Crippen LogP contribution < -0.4 is 4.90 Å². The molecule has 0 saturated carbocycles. The number of aliphatic hydroxyl groups is 1. The molecule has 2 aromatic carbocycles. The third-order valence-electron chi connectivity index (χ3n) is 5.70. The smallest absolute Gasteiger partial charge is 0.301 e. The van der Waals surface area contributed by atoms with Crippen LogP contribution in [0.2, 0.25) is 0 Å². The molecule has 180 valence electrons. The summed E-state index contributed by atoms with van der Waals surface area (Å²) in [5.74, 6) is -1.88. The van der Waals surface area contributed by atoms with Gasteiger partial charge in [0.15, 0.2) is 4.34 Å². The van der Waals surface area contributed by atoms with Gasteiger partial charge in [-0.25, -0.2) is 4.39 Å². The lowest BCUT2D eigenvalue weighted by molar-refractivity contribution is -0.132. The first-order chi connectivity index (χ1) is 17.4. The molecule has 1 atom stereocenters. The third kappa shape index (κ3) is 4.52. The van der Waals surface area contributed by atoms with Gasteiger partial charge in [-0.3, -0.25) is 19.5 Å². The third-order valence-corrected chi connectivity index (χ3v) is 7.81. The van der Waals surface area contributed by atoms with Crippen molar-refractivity contribution in [2.75, 3.05) is 4.90 Å². The first-order valence-corrected chi connectivity index (χ1v) is 12.7. The summed E-state index contributed by atoms with van der Waals surface area (Å²) in [4.78, 5) is 31.6. The number of carbonyl (C=O) groups excluding carboxylic acids is 2. The van der Waals surface area contributed by atoms with E-state index in [4.69, 9.17) is 0 Å². The van der Waals surface area contributed by atoms with Crippen LogP contribution in [0.1, 0.15) is 28.3 Å². The molecule has 1 saturated heterocycles. The van der Waals surface area contributed by atoms with Crippen LogP contribution in [0.25, 0.3) is 5.76 Å². The zero-order valence-corrected chi connectivity index (χ0v) is 20.6. The van der Waals surface area contributed by atoms with Gasteiger partial charge in [0.05, 0.1) is 11.6 Å². The molecule has 0 radical (unpaired) electrons. The molecule has 0 aliphatic carbocycles. The predicted molar refractivity (Wildman–Crippen MR) is 136 cm³/mol. The average molecular weight is 519 g/mol. The van der Waals surface area contributed by atoms with Crippen molar-refractivity contribution < 1.29 is 19.1 Å². The Labute approximate surface area is 214 Å². The van der Waals surface area contributed by atoms with Crippen molar-refractivity contribution in [1.29, 1.82) is 0 Å². The van der Waals surface area contributed by atoms with E-state index >= 15 is 0 Å². The Morgan fingerprint density at radius 1 is 1.06 bits per heavy atom. The van der Waals surface area contributed by atoms with Gasteiger partial charge in [-0.15, -0.1) is 10.2 Å². The quantitative estimate of drug-likeness (QED) is 0.122. The first-order valence-electron chi connectivity index (χ1n) is 10.9. The van der Waals surface area contributed by atoms with E-state index in [-0.39, 0.29) is 22.3 Å². The number of benzene rings is 2. The largest absolute Gasteiger partial charge is 0.507 e. The maximum Gasteiger partial charge on any atom is 0.301 e. The molecule has 0 spiro atoms. The molecule has 2 aromatic heterocycles. The molecule has 4 aromatic rings. The summed E-state index contributed by atoms with van der Waals surface area (Å²) < 4.78 is 14.5. The summed E-state index contributed by atoms with van der Waals surface area (Å²) in [6.45, 7) is 1.93. The molecule has 10 heteroatoms. The lowest BCUT2D eigenvalue weighted by Crippen LogP contribution is -2.29. The Bertz CT molecular complexity index is 1470. The number of carbonyl (C=O) groups is 2. The van der Waals surface area contributed by atoms with Crippen molar-refractivity contribution in [3.63, 3.8) is 0 Å². The number of pyridine rings is 1. The second-order valence-electron chi connectivity index (χ2n) is 8.05. The van der Waals surface area contributed by atoms with Crippen molar-refractivity contribution in [3.05, 3.63) is 107 Å². The number of aromatic nitrogens is 3. The zero-order valence-electron chi connectivity index (χ0n) is 19.0. The second kappa shape index (κ2) is 10.00. The number of aliphatic hydroxyl groups excluding tert-OH is 1. The topological polar surface area (TPSA) is 96.3 Å². The Hall–Kier alpha value is -3.89. The minimum absolute atomic E-state index is 0.0363. The molecule has 7 nitrogen and oxygen atoms in total. The van der Waals surface area contributed by atoms with Gasteiger partial charge in [0.2, 0.25) is 5.13 Å². The van der Waals surface area contributed by atoms with Crippen LogP contribution in [-0.4, -0.2) is 32.0 Å². The standard InChI is InChI=1S/C26H19FN4O3S2/c1-15-6-8-16(9-7-15)21-20(22(32)17-10-12-28-13-11-17)23(33)24(34)31(21)25-29-30-26(36-25)35-14-18-4-2-3-5-19(18)27/h2-13,21,32H,14H2,1H3/b22-20+. The average Bonchev–Trinajstić information content (AvgIpc) is 3.46. The van der Waals surface area contributed by atoms with Crippen LogP contribution in [0.3, 0.4) is 0 Å². The molecule has 36 heavy (non-hydrogen) atoms. The number of amides is 1. The zero-order chi connectivity index (χ0) is 25.2. The summed E-state index contributed by atoms with van der Waals surface area (Å²) in [7, 11) is 0. The van der Waals surface area contributed by atoms with E-state index in [1.54, 1.807) is 30.3 Å². The lowest BCUT2D eigenvalue weighted by Gasteiger charge is -2.22. The first kappa shape index (κ1) is 23.8. The molecule has 0 bridgehead atoms. The fourth-order valence-corrected chi connectivity index (χ4v) is 5.73. The summed E-state index contributed by atoms with van der Waals surface area (Å²) in [5, 5.41) is 19.6. The number of hydrogen-bond donors (Lipinski definition) is 1. The van der Waals surface area contributed by atoms with Crippen LogP contribution in [0, 0.1) is 12.7 Å². The number of halogens is 1. The van der Waals surface area contributed by atoms with E-state index in [1.165, 1.54) is 35.1 Å². The molecule has 1 fully saturated rings. The van der Waals surface area contributed by atoms with Crippen LogP contribution in [0.4, 0.5) is 9.52 Å². The minimum atomic E-state index is -0.892. The van der Waals surface area contributed by atoms with Crippen LogP contribution >= 0.6 is 23.1 Å². The van der Waals surface area contributed by atoms with E-state index in [2.05, 4.69) is 15.2 Å². The van der Waals surface area contributed by atoms with Gasteiger partial charge < -0.3 is 5.11 Å². The van der Waals surface area contributed by atoms with Crippen LogP contribution in [0.15, 0.2) is 83.0 Å². The molecule has 1 aliphatic heterocycles. The number of aryl methyl sites for hydroxylation is 1. The van der Waals surface area contributed by atoms with Gasteiger partial charge in [-0.05, 0) is 36.2 Å². The maximum atomic E-state index is 14.0. The highest BCUT2D eigenvalue weighted by molar-refractivity contribution is 8.00. The van der Waals surface area contributed by atoms with Crippen LogP contribution in [-0.2, 0) is 15.3 Å². The molecule has 3 heterocycles. The Morgan fingerprint density at radius 2 is 1.78 bits per heavy atom. The maximum absolute atomic E-state index is 14.0. The number of Topliss-reactive ketones (excluding diaryl/α,β-unsaturated/α-hetero) is 1. The van der Waals surface area contributed by atoms with E-state index < -0.39 is 17.7 Å². The van der Waals surface area contributed by atoms with Crippen molar-refractivity contribution >= 4 is 45.7 Å². The molecule has 1 amide bonds. The van der Waals surface area contributed by atoms with Crippen LogP contribution in [0.5, 0.6) is 0 Å². The van der Waals surface area contributed by atoms with Crippen molar-refractivity contribution in [1.82, 2.24) is 15.2 Å². The number of thioether (sulfide) groups is 1. The number of anilines is 1. The fraction of sp³-hybridized carbons (Fsp3) is 0.115. The van der Waals surface area contributed by atoms with Gasteiger partial charge in [0.1, 0.15) is 11.6 Å². The molecule has 1 unspecified atom stereocenters. The molecule has 5 rings (SSSR count). The van der Waals surface area contributed by atoms with E-state index in [0.29, 0.717) is 26.8 Å². The fourth-order valence-electron chi connectivity index (χ4n) is 3.87. The SMILES string of the molecule is Cc1ccc(C2/C(=C(\O)c3ccncc3)C(=O)C(=O)N2c2nnc(SCc3ccccc3F)s2)cc1. The summed E-state index contributed by atoms with van der Waals surface area (Å²) in [6.07, 6.45) is 2.99. The van der Waals surface area contributed by atoms with E-state index in [9.17, 15) is 19.1 Å². The van der Waals surface area contributed by atoms with Crippen molar-refractivity contribution in [2.24, 2.45) is 0 Å². The Morgan fingerprint density at radius 3 is 2.50 bits per heavy atom. The summed E-state index contributed by atoms with van der Waals surface area (Å²) in [6, 6.07) is 16.1. The number of ketones is 1. The van der Waals surface area contributed by atoms with E-state index in [1.807, 2.05) is 31.2 Å². The number of nitrogens with zero attached hydrogens (tertiary/aromatic N) is 4. The van der Waals surface area contributed by atoms with Gasteiger partial charge in [0.25, 0.3) is 5.78 Å². The Kier molecular flexibility index (Phi) is 6.62. The lowest BCUT2D eigenvalue weighted by atomic mass is 9.95. The highest BCUT2D eigenvalue weighted by Gasteiger charge is 2.48. The highest BCUT2D eigenvalue weighted by atomic mass is 32.2. The van der Waals surface area contributed by atoms with E-state index in [0.717, 1.165) is 16.9 Å². The van der Waals surface area contributed by atoms with Gasteiger partial charge >= 0.3 is 5.91 Å². The highest BCUT2D eigenvalue weighted by Crippen LogP contribution is 2.44. The summed E-state index contributed by atoms with van der Waals surface area (Å²) in [5.41, 5.74) is 2.51. The number of rotatable bonds is 6. The molecular weight excluding hydrogens is 499 g/mol. The molecule has 1 aliphatic rings. The van der Waals surface area contributed by atoms with Crippen molar-refractivity contribution in [3.8, 4) is 0 Å². The minimum Gasteiger partial charge on any atom is -0.507 e. The number of hydrogen-bond acceptors (Lipinski definition) is 8. The van der Waals surface area contributed by atoms with Gasteiger partial charge in [-0.2, -0.15) is 0 Å². The predicted octanol–water partition coefficient (Wildman–Crippen LogP) is 5.30. The van der Waals surface area contributed by atoms with Crippen molar-refractivity contribution in [2.45, 2.75) is 23.1 Å².